The number of nitrogens with zero attached hydrogens (tertiary/aromatic N) is 2. The number of hydrogen-bond acceptors (Lipinski definition) is 2. The SMILES string of the molecule is FC(F)(F)c1ccc2scc(-c3nc4ccccc4n3-c3c(-c4ccccc4)cccc3-c3ccccc3)c2c1. The molecule has 0 aliphatic carbocycles. The molecular formula is C34H21F3N2S. The maximum Gasteiger partial charge on any atom is 0.416 e. The summed E-state index contributed by atoms with van der Waals surface area (Å²) in [5.74, 6) is 0.604. The topological polar surface area (TPSA) is 17.8 Å². The molecular weight excluding hydrogens is 525 g/mol. The first kappa shape index (κ1) is 24.4. The highest BCUT2D eigenvalue weighted by atomic mass is 32.1. The summed E-state index contributed by atoms with van der Waals surface area (Å²) >= 11 is 1.42. The van der Waals surface area contributed by atoms with Crippen molar-refractivity contribution in [2.75, 3.05) is 0 Å². The van der Waals surface area contributed by atoms with Gasteiger partial charge < -0.3 is 0 Å². The van der Waals surface area contributed by atoms with Gasteiger partial charge in [0.25, 0.3) is 0 Å². The van der Waals surface area contributed by atoms with Gasteiger partial charge in [-0.3, -0.25) is 4.57 Å². The molecule has 2 heterocycles. The Labute approximate surface area is 232 Å². The monoisotopic (exact) mass is 546 g/mol. The van der Waals surface area contributed by atoms with E-state index in [1.165, 1.54) is 17.4 Å². The third kappa shape index (κ3) is 4.08. The third-order valence-electron chi connectivity index (χ3n) is 7.13. The van der Waals surface area contributed by atoms with Gasteiger partial charge in [-0.2, -0.15) is 13.2 Å². The molecule has 2 aromatic heterocycles. The molecule has 0 aliphatic rings. The lowest BCUT2D eigenvalue weighted by Gasteiger charge is -2.19. The van der Waals surface area contributed by atoms with E-state index in [-0.39, 0.29) is 0 Å². The zero-order valence-electron chi connectivity index (χ0n) is 21.1. The van der Waals surface area contributed by atoms with Gasteiger partial charge in [0.1, 0.15) is 5.82 Å². The predicted octanol–water partition coefficient (Wildman–Crippen LogP) is 10.3. The summed E-state index contributed by atoms with van der Waals surface area (Å²) in [6.07, 6.45) is -4.44. The molecule has 7 aromatic rings. The summed E-state index contributed by atoms with van der Waals surface area (Å²) < 4.78 is 44.1. The van der Waals surface area contributed by atoms with Crippen LogP contribution in [0.1, 0.15) is 5.56 Å². The fourth-order valence-electron chi connectivity index (χ4n) is 5.30. The molecule has 0 bridgehead atoms. The average Bonchev–Trinajstić information content (AvgIpc) is 3.58. The van der Waals surface area contributed by atoms with Crippen molar-refractivity contribution in [2.24, 2.45) is 0 Å². The van der Waals surface area contributed by atoms with Gasteiger partial charge >= 0.3 is 6.18 Å². The second-order valence-corrected chi connectivity index (χ2v) is 10.5. The average molecular weight is 547 g/mol. The standard InChI is InChI=1S/C34H21F3N2S/c35-34(36,37)24-18-19-31-27(20-24)28(21-40-31)33-38-29-16-7-8-17-30(29)39(33)32-25(22-10-3-1-4-11-22)14-9-15-26(32)23-12-5-2-6-13-23/h1-21H. The molecule has 194 valence electrons. The summed E-state index contributed by atoms with van der Waals surface area (Å²) in [6.45, 7) is 0. The molecule has 0 saturated heterocycles. The molecule has 0 saturated carbocycles. The first-order chi connectivity index (χ1) is 19.5. The van der Waals surface area contributed by atoms with E-state index >= 15 is 0 Å². The van der Waals surface area contributed by atoms with E-state index in [4.69, 9.17) is 4.98 Å². The van der Waals surface area contributed by atoms with Gasteiger partial charge in [0.05, 0.1) is 22.3 Å². The maximum absolute atomic E-state index is 13.7. The molecule has 0 fully saturated rings. The number of benzene rings is 5. The van der Waals surface area contributed by atoms with E-state index in [2.05, 4.69) is 41.0 Å². The fourth-order valence-corrected chi connectivity index (χ4v) is 6.22. The molecule has 6 heteroatoms. The largest absolute Gasteiger partial charge is 0.416 e. The van der Waals surface area contributed by atoms with Gasteiger partial charge in [0.2, 0.25) is 0 Å². The van der Waals surface area contributed by atoms with E-state index in [0.717, 1.165) is 49.7 Å². The van der Waals surface area contributed by atoms with Crippen LogP contribution in [0, 0.1) is 0 Å². The zero-order chi connectivity index (χ0) is 27.3. The highest BCUT2D eigenvalue weighted by molar-refractivity contribution is 7.17. The van der Waals surface area contributed by atoms with Gasteiger partial charge in [-0.1, -0.05) is 91.0 Å². The molecule has 0 atom stereocenters. The minimum atomic E-state index is -4.44. The highest BCUT2D eigenvalue weighted by Crippen LogP contribution is 2.43. The van der Waals surface area contributed by atoms with Crippen LogP contribution in [0.5, 0.6) is 0 Å². The van der Waals surface area contributed by atoms with Crippen molar-refractivity contribution in [1.82, 2.24) is 9.55 Å². The molecule has 0 unspecified atom stereocenters. The number of halogens is 3. The number of alkyl halides is 3. The normalized spacial score (nSPS) is 11.9. The van der Waals surface area contributed by atoms with Crippen molar-refractivity contribution in [3.63, 3.8) is 0 Å². The first-order valence-corrected chi connectivity index (χ1v) is 13.7. The van der Waals surface area contributed by atoms with Crippen molar-refractivity contribution in [3.05, 3.63) is 132 Å². The van der Waals surface area contributed by atoms with Crippen molar-refractivity contribution < 1.29 is 13.2 Å². The van der Waals surface area contributed by atoms with Gasteiger partial charge in [-0.15, -0.1) is 11.3 Å². The van der Waals surface area contributed by atoms with Crippen molar-refractivity contribution in [2.45, 2.75) is 6.18 Å². The van der Waals surface area contributed by atoms with Crippen LogP contribution < -0.4 is 0 Å². The maximum atomic E-state index is 13.7. The third-order valence-corrected chi connectivity index (χ3v) is 8.10. The number of thiophene rings is 1. The number of aromatic nitrogens is 2. The zero-order valence-corrected chi connectivity index (χ0v) is 21.9. The summed E-state index contributed by atoms with van der Waals surface area (Å²) in [4.78, 5) is 5.03. The minimum Gasteiger partial charge on any atom is -0.291 e. The Kier molecular flexibility index (Phi) is 5.79. The Hall–Kier alpha value is -4.68. The quantitative estimate of drug-likeness (QED) is 0.215. The molecule has 40 heavy (non-hydrogen) atoms. The molecule has 5 aromatic carbocycles. The van der Waals surface area contributed by atoms with Gasteiger partial charge in [0.15, 0.2) is 0 Å². The van der Waals surface area contributed by atoms with Crippen LogP contribution in [0.4, 0.5) is 13.2 Å². The number of imidazole rings is 1. The summed E-state index contributed by atoms with van der Waals surface area (Å²) in [5.41, 5.74) is 6.65. The molecule has 7 rings (SSSR count). The van der Waals surface area contributed by atoms with Crippen LogP contribution in [0.2, 0.25) is 0 Å². The molecule has 2 nitrogen and oxygen atoms in total. The van der Waals surface area contributed by atoms with E-state index in [9.17, 15) is 13.2 Å². The van der Waals surface area contributed by atoms with Crippen LogP contribution in [-0.4, -0.2) is 9.55 Å². The molecule has 0 radical (unpaired) electrons. The van der Waals surface area contributed by atoms with Crippen LogP contribution in [0.15, 0.2) is 127 Å². The second-order valence-electron chi connectivity index (χ2n) is 9.55. The number of hydrogen-bond donors (Lipinski definition) is 0. The van der Waals surface area contributed by atoms with Crippen LogP contribution in [0.25, 0.3) is 60.4 Å². The number of rotatable bonds is 4. The van der Waals surface area contributed by atoms with E-state index < -0.39 is 11.7 Å². The van der Waals surface area contributed by atoms with E-state index in [0.29, 0.717) is 16.8 Å². The van der Waals surface area contributed by atoms with Crippen LogP contribution in [0.3, 0.4) is 0 Å². The second kappa shape index (κ2) is 9.50. The Bertz CT molecular complexity index is 1930. The Morgan fingerprint density at radius 1 is 0.625 bits per heavy atom. The summed E-state index contributed by atoms with van der Waals surface area (Å²) in [6, 6.07) is 38.3. The fraction of sp³-hybridized carbons (Fsp3) is 0.0294. The van der Waals surface area contributed by atoms with E-state index in [1.54, 1.807) is 6.07 Å². The highest BCUT2D eigenvalue weighted by Gasteiger charge is 2.31. The number of para-hydroxylation sites is 3. The lowest BCUT2D eigenvalue weighted by Crippen LogP contribution is -2.04. The smallest absolute Gasteiger partial charge is 0.291 e. The van der Waals surface area contributed by atoms with Crippen molar-refractivity contribution >= 4 is 32.5 Å². The van der Waals surface area contributed by atoms with Crippen molar-refractivity contribution in [3.8, 4) is 39.3 Å². The molecule has 0 N–H and O–H groups in total. The number of fused-ring (bicyclic) bond motifs is 2. The Morgan fingerprint density at radius 3 is 1.90 bits per heavy atom. The Balaban J connectivity index is 1.60. The lowest BCUT2D eigenvalue weighted by atomic mass is 9.95. The lowest BCUT2D eigenvalue weighted by molar-refractivity contribution is -0.137. The summed E-state index contributed by atoms with van der Waals surface area (Å²) in [7, 11) is 0. The predicted molar refractivity (Wildman–Crippen MR) is 158 cm³/mol. The van der Waals surface area contributed by atoms with Crippen molar-refractivity contribution in [1.29, 1.82) is 0 Å². The van der Waals surface area contributed by atoms with E-state index in [1.807, 2.05) is 72.1 Å². The Morgan fingerprint density at radius 2 is 1.25 bits per heavy atom. The minimum absolute atomic E-state index is 0.537. The van der Waals surface area contributed by atoms with Gasteiger partial charge in [0, 0.05) is 32.2 Å². The molecule has 0 amide bonds. The van der Waals surface area contributed by atoms with Crippen LogP contribution in [-0.2, 0) is 6.18 Å². The van der Waals surface area contributed by atoms with Crippen LogP contribution >= 0.6 is 11.3 Å². The van der Waals surface area contributed by atoms with Gasteiger partial charge in [-0.05, 0) is 41.5 Å². The molecule has 0 aliphatic heterocycles. The molecule has 0 spiro atoms. The summed E-state index contributed by atoms with van der Waals surface area (Å²) in [5, 5.41) is 2.45. The van der Waals surface area contributed by atoms with Gasteiger partial charge in [-0.25, -0.2) is 4.98 Å². The first-order valence-electron chi connectivity index (χ1n) is 12.8.